The van der Waals surface area contributed by atoms with Crippen LogP contribution in [0.1, 0.15) is 31.7 Å². The van der Waals surface area contributed by atoms with E-state index < -0.39 is 0 Å². The Morgan fingerprint density at radius 2 is 2.47 bits per heavy atom. The standard InChI is InChI=1S/C14H23NOS/c1-2-15-11-14(6-3-8-16-12-14)7-4-13-5-9-17-10-13/h5,9-10,15H,2-4,6-8,11-12H2,1H3. The van der Waals surface area contributed by atoms with Gasteiger partial charge in [0, 0.05) is 18.6 Å². The van der Waals surface area contributed by atoms with Crippen molar-refractivity contribution in [1.82, 2.24) is 5.32 Å². The first-order valence-corrected chi connectivity index (χ1v) is 7.58. The van der Waals surface area contributed by atoms with Crippen molar-refractivity contribution in [3.63, 3.8) is 0 Å². The second-order valence-corrected chi connectivity index (χ2v) is 5.85. The molecule has 2 rings (SSSR count). The molecule has 2 nitrogen and oxygen atoms in total. The molecule has 1 fully saturated rings. The molecule has 3 heteroatoms. The lowest BCUT2D eigenvalue weighted by atomic mass is 9.77. The Morgan fingerprint density at radius 1 is 1.53 bits per heavy atom. The van der Waals surface area contributed by atoms with Gasteiger partial charge in [0.1, 0.15) is 0 Å². The monoisotopic (exact) mass is 253 g/mol. The van der Waals surface area contributed by atoms with Crippen LogP contribution in [0.5, 0.6) is 0 Å². The lowest BCUT2D eigenvalue weighted by Crippen LogP contribution is -2.41. The van der Waals surface area contributed by atoms with Gasteiger partial charge in [0.2, 0.25) is 0 Å². The summed E-state index contributed by atoms with van der Waals surface area (Å²) in [7, 11) is 0. The van der Waals surface area contributed by atoms with Crippen LogP contribution in [0.25, 0.3) is 0 Å². The highest BCUT2D eigenvalue weighted by molar-refractivity contribution is 7.07. The summed E-state index contributed by atoms with van der Waals surface area (Å²) in [4.78, 5) is 0. The molecule has 1 aliphatic rings. The molecule has 2 heterocycles. The zero-order valence-electron chi connectivity index (χ0n) is 10.7. The van der Waals surface area contributed by atoms with E-state index in [2.05, 4.69) is 29.1 Å². The zero-order chi connectivity index (χ0) is 12.0. The summed E-state index contributed by atoms with van der Waals surface area (Å²) in [6.45, 7) is 6.22. The minimum atomic E-state index is 0.371. The van der Waals surface area contributed by atoms with E-state index in [-0.39, 0.29) is 0 Å². The summed E-state index contributed by atoms with van der Waals surface area (Å²) < 4.78 is 5.72. The first-order chi connectivity index (χ1) is 8.35. The summed E-state index contributed by atoms with van der Waals surface area (Å²) in [5.74, 6) is 0. The Labute approximate surface area is 108 Å². The Hall–Kier alpha value is -0.380. The van der Waals surface area contributed by atoms with Crippen LogP contribution in [0.4, 0.5) is 0 Å². The highest BCUT2D eigenvalue weighted by atomic mass is 32.1. The molecular formula is C14H23NOS. The zero-order valence-corrected chi connectivity index (χ0v) is 11.5. The molecule has 0 spiro atoms. The number of hydrogen-bond acceptors (Lipinski definition) is 3. The van der Waals surface area contributed by atoms with E-state index in [1.165, 1.54) is 31.2 Å². The van der Waals surface area contributed by atoms with Gasteiger partial charge in [-0.1, -0.05) is 6.92 Å². The van der Waals surface area contributed by atoms with Crippen LogP contribution < -0.4 is 5.32 Å². The number of hydrogen-bond donors (Lipinski definition) is 1. The maximum absolute atomic E-state index is 5.72. The van der Waals surface area contributed by atoms with Crippen LogP contribution in [0.3, 0.4) is 0 Å². The maximum atomic E-state index is 5.72. The van der Waals surface area contributed by atoms with Crippen LogP contribution in [0.2, 0.25) is 0 Å². The fourth-order valence-corrected chi connectivity index (χ4v) is 3.27. The second-order valence-electron chi connectivity index (χ2n) is 5.07. The van der Waals surface area contributed by atoms with Crippen LogP contribution in [0.15, 0.2) is 16.8 Å². The van der Waals surface area contributed by atoms with Crippen molar-refractivity contribution in [2.75, 3.05) is 26.3 Å². The van der Waals surface area contributed by atoms with Gasteiger partial charge in [-0.2, -0.15) is 11.3 Å². The first-order valence-electron chi connectivity index (χ1n) is 6.64. The highest BCUT2D eigenvalue weighted by Crippen LogP contribution is 2.33. The second kappa shape index (κ2) is 6.53. The molecule has 1 unspecified atom stereocenters. The van der Waals surface area contributed by atoms with Crippen molar-refractivity contribution < 1.29 is 4.74 Å². The smallest absolute Gasteiger partial charge is 0.0534 e. The number of rotatable bonds is 6. The Balaban J connectivity index is 1.90. The lowest BCUT2D eigenvalue weighted by Gasteiger charge is -2.37. The van der Waals surface area contributed by atoms with E-state index in [1.54, 1.807) is 11.3 Å². The van der Waals surface area contributed by atoms with Gasteiger partial charge in [0.25, 0.3) is 0 Å². The predicted octanol–water partition coefficient (Wildman–Crippen LogP) is 3.09. The van der Waals surface area contributed by atoms with Crippen molar-refractivity contribution in [3.05, 3.63) is 22.4 Å². The topological polar surface area (TPSA) is 21.3 Å². The van der Waals surface area contributed by atoms with Crippen molar-refractivity contribution >= 4 is 11.3 Å². The molecule has 1 aromatic heterocycles. The molecule has 1 saturated heterocycles. The minimum absolute atomic E-state index is 0.371. The van der Waals surface area contributed by atoms with E-state index in [0.29, 0.717) is 5.41 Å². The summed E-state index contributed by atoms with van der Waals surface area (Å²) in [5.41, 5.74) is 1.85. The number of ether oxygens (including phenoxy) is 1. The summed E-state index contributed by atoms with van der Waals surface area (Å²) in [5, 5.41) is 7.95. The molecule has 0 aromatic carbocycles. The van der Waals surface area contributed by atoms with Crippen LogP contribution in [0, 0.1) is 5.41 Å². The Morgan fingerprint density at radius 3 is 3.12 bits per heavy atom. The molecule has 0 radical (unpaired) electrons. The van der Waals surface area contributed by atoms with Crippen molar-refractivity contribution in [2.24, 2.45) is 5.41 Å². The highest BCUT2D eigenvalue weighted by Gasteiger charge is 2.31. The third-order valence-corrected chi connectivity index (χ3v) is 4.41. The molecule has 1 aromatic rings. The van der Waals surface area contributed by atoms with Crippen LogP contribution in [-0.4, -0.2) is 26.3 Å². The molecule has 1 atom stereocenters. The van der Waals surface area contributed by atoms with Gasteiger partial charge < -0.3 is 10.1 Å². The first kappa shape index (κ1) is 13.1. The van der Waals surface area contributed by atoms with Crippen molar-refractivity contribution in [2.45, 2.75) is 32.6 Å². The molecule has 17 heavy (non-hydrogen) atoms. The molecule has 0 aliphatic carbocycles. The summed E-state index contributed by atoms with van der Waals surface area (Å²) in [6.07, 6.45) is 4.97. The van der Waals surface area contributed by atoms with Gasteiger partial charge in [-0.15, -0.1) is 0 Å². The molecule has 1 N–H and O–H groups in total. The van der Waals surface area contributed by atoms with Crippen LogP contribution in [-0.2, 0) is 11.2 Å². The van der Waals surface area contributed by atoms with E-state index in [9.17, 15) is 0 Å². The van der Waals surface area contributed by atoms with E-state index >= 15 is 0 Å². The van der Waals surface area contributed by atoms with Gasteiger partial charge in [-0.3, -0.25) is 0 Å². The summed E-state index contributed by atoms with van der Waals surface area (Å²) >= 11 is 1.80. The summed E-state index contributed by atoms with van der Waals surface area (Å²) in [6, 6.07) is 2.25. The van der Waals surface area contributed by atoms with Gasteiger partial charge in [-0.25, -0.2) is 0 Å². The molecule has 0 bridgehead atoms. The van der Waals surface area contributed by atoms with E-state index in [4.69, 9.17) is 4.74 Å². The normalized spacial score (nSPS) is 25.0. The Kier molecular flexibility index (Phi) is 5.01. The molecular weight excluding hydrogens is 230 g/mol. The van der Waals surface area contributed by atoms with Gasteiger partial charge in [-0.05, 0) is 54.6 Å². The van der Waals surface area contributed by atoms with Gasteiger partial charge >= 0.3 is 0 Å². The molecule has 0 saturated carbocycles. The number of thiophene rings is 1. The molecule has 1 aliphatic heterocycles. The Bertz CT molecular complexity index is 304. The third-order valence-electron chi connectivity index (χ3n) is 3.68. The largest absolute Gasteiger partial charge is 0.381 e. The third kappa shape index (κ3) is 3.80. The average Bonchev–Trinajstić information content (AvgIpc) is 2.89. The van der Waals surface area contributed by atoms with Gasteiger partial charge in [0.05, 0.1) is 6.61 Å². The number of nitrogens with one attached hydrogen (secondary N) is 1. The predicted molar refractivity (Wildman–Crippen MR) is 73.7 cm³/mol. The van der Waals surface area contributed by atoms with Gasteiger partial charge in [0.15, 0.2) is 0 Å². The SMILES string of the molecule is CCNCC1(CCc2ccsc2)CCCOC1. The fourth-order valence-electron chi connectivity index (χ4n) is 2.57. The average molecular weight is 253 g/mol. The minimum Gasteiger partial charge on any atom is -0.381 e. The molecule has 0 amide bonds. The van der Waals surface area contributed by atoms with Crippen molar-refractivity contribution in [3.8, 4) is 0 Å². The van der Waals surface area contributed by atoms with E-state index in [0.717, 1.165) is 26.3 Å². The quantitative estimate of drug-likeness (QED) is 0.841. The molecule has 96 valence electrons. The van der Waals surface area contributed by atoms with E-state index in [1.807, 2.05) is 0 Å². The van der Waals surface area contributed by atoms with Crippen LogP contribution >= 0.6 is 11.3 Å². The fraction of sp³-hybridized carbons (Fsp3) is 0.714. The maximum Gasteiger partial charge on any atom is 0.0534 e. The number of aryl methyl sites for hydroxylation is 1. The lowest BCUT2D eigenvalue weighted by molar-refractivity contribution is -0.0116. The van der Waals surface area contributed by atoms with Crippen molar-refractivity contribution in [1.29, 1.82) is 0 Å².